The molecule has 4 aromatic rings. The zero-order chi connectivity index (χ0) is 22.7. The molecule has 0 aliphatic rings. The van der Waals surface area contributed by atoms with Crippen LogP contribution in [0.3, 0.4) is 0 Å². The van der Waals surface area contributed by atoms with Gasteiger partial charge in [-0.3, -0.25) is 10.3 Å². The van der Waals surface area contributed by atoms with Crippen LogP contribution in [0.1, 0.15) is 50.3 Å². The van der Waals surface area contributed by atoms with Crippen molar-refractivity contribution in [3.05, 3.63) is 65.2 Å². The summed E-state index contributed by atoms with van der Waals surface area (Å²) in [6.45, 7) is 10.6. The molecule has 0 aliphatic heterocycles. The Labute approximate surface area is 190 Å². The van der Waals surface area contributed by atoms with E-state index in [2.05, 4.69) is 89.8 Å². The van der Waals surface area contributed by atoms with Crippen LogP contribution in [0.2, 0.25) is 0 Å². The van der Waals surface area contributed by atoms with E-state index >= 15 is 0 Å². The summed E-state index contributed by atoms with van der Waals surface area (Å²) >= 11 is 0. The Morgan fingerprint density at radius 1 is 1.03 bits per heavy atom. The third kappa shape index (κ3) is 3.78. The highest BCUT2D eigenvalue weighted by Crippen LogP contribution is 2.29. The van der Waals surface area contributed by atoms with Crippen molar-refractivity contribution >= 4 is 33.9 Å². The van der Waals surface area contributed by atoms with Crippen LogP contribution in [-0.4, -0.2) is 18.1 Å². The van der Waals surface area contributed by atoms with Crippen LogP contribution in [-0.2, 0) is 6.42 Å². The van der Waals surface area contributed by atoms with Gasteiger partial charge < -0.3 is 4.90 Å². The Bertz CT molecular complexity index is 1270. The third-order valence-electron chi connectivity index (χ3n) is 6.35. The van der Waals surface area contributed by atoms with Gasteiger partial charge in [0.2, 0.25) is 11.5 Å². The van der Waals surface area contributed by atoms with Gasteiger partial charge in [-0.15, -0.1) is 0 Å². The molecule has 0 saturated carbocycles. The maximum atomic E-state index is 9.99. The van der Waals surface area contributed by atoms with E-state index in [1.54, 1.807) is 0 Å². The third-order valence-corrected chi connectivity index (χ3v) is 6.35. The lowest BCUT2D eigenvalue weighted by atomic mass is 9.99. The predicted molar refractivity (Wildman–Crippen MR) is 133 cm³/mol. The van der Waals surface area contributed by atoms with Gasteiger partial charge >= 0.3 is 0 Å². The minimum absolute atomic E-state index is 0.717. The molecule has 0 atom stereocenters. The SMILES string of the molecule is CCCCc1c(C)c(C#N)c2[nH]c3ccccc3[n+]2c1Nc1ccc(N(CC)CC)cc1. The summed E-state index contributed by atoms with van der Waals surface area (Å²) < 4.78 is 2.18. The Hall–Kier alpha value is -3.52. The van der Waals surface area contributed by atoms with Gasteiger partial charge in [0, 0.05) is 24.3 Å². The van der Waals surface area contributed by atoms with Crippen molar-refractivity contribution in [2.24, 2.45) is 0 Å². The van der Waals surface area contributed by atoms with Gasteiger partial charge in [0.1, 0.15) is 22.7 Å². The number of rotatable bonds is 8. The van der Waals surface area contributed by atoms with Crippen LogP contribution in [0, 0.1) is 18.3 Å². The number of aromatic nitrogens is 2. The van der Waals surface area contributed by atoms with Crippen LogP contribution >= 0.6 is 0 Å². The lowest BCUT2D eigenvalue weighted by Gasteiger charge is -2.21. The molecule has 2 heterocycles. The standard InChI is InChI=1S/C27H31N5/c1-5-8-11-22-19(4)23(18-28)27-30-24-12-9-10-13-25(24)32(27)26(22)29-20-14-16-21(17-15-20)31(6-2)7-3/h9-10,12-17H,5-8,11H2,1-4H3,(H,29,30)/p+1. The highest BCUT2D eigenvalue weighted by Gasteiger charge is 2.25. The molecule has 5 nitrogen and oxygen atoms in total. The smallest absolute Gasteiger partial charge is 0.250 e. The largest absolute Gasteiger partial charge is 0.372 e. The van der Waals surface area contributed by atoms with Crippen molar-refractivity contribution in [2.45, 2.75) is 47.0 Å². The van der Waals surface area contributed by atoms with Crippen molar-refractivity contribution in [1.29, 1.82) is 5.26 Å². The van der Waals surface area contributed by atoms with E-state index in [-0.39, 0.29) is 0 Å². The summed E-state index contributed by atoms with van der Waals surface area (Å²) in [5.74, 6) is 1.04. The number of anilines is 3. The first-order chi connectivity index (χ1) is 15.6. The Kier molecular flexibility index (Phi) is 6.32. The molecule has 2 aromatic heterocycles. The second kappa shape index (κ2) is 9.32. The van der Waals surface area contributed by atoms with Crippen molar-refractivity contribution < 1.29 is 4.40 Å². The highest BCUT2D eigenvalue weighted by atomic mass is 15.1. The molecule has 4 rings (SSSR count). The quantitative estimate of drug-likeness (QED) is 0.339. The predicted octanol–water partition coefficient (Wildman–Crippen LogP) is 6.02. The van der Waals surface area contributed by atoms with Crippen LogP contribution in [0.25, 0.3) is 16.7 Å². The van der Waals surface area contributed by atoms with Gasteiger partial charge in [0.05, 0.1) is 5.69 Å². The first-order valence-corrected chi connectivity index (χ1v) is 11.6. The Morgan fingerprint density at radius 3 is 2.41 bits per heavy atom. The molecule has 0 radical (unpaired) electrons. The van der Waals surface area contributed by atoms with E-state index in [9.17, 15) is 5.26 Å². The number of benzene rings is 2. The second-order valence-corrected chi connectivity index (χ2v) is 8.21. The molecular weight excluding hydrogens is 394 g/mol. The summed E-state index contributed by atoms with van der Waals surface area (Å²) in [7, 11) is 0. The number of imidazole rings is 1. The number of pyridine rings is 1. The molecular formula is C27H32N5+. The average Bonchev–Trinajstić information content (AvgIpc) is 3.20. The average molecular weight is 427 g/mol. The first kappa shape index (κ1) is 21.7. The zero-order valence-electron chi connectivity index (χ0n) is 19.5. The minimum atomic E-state index is 0.717. The minimum Gasteiger partial charge on any atom is -0.372 e. The number of para-hydroxylation sites is 2. The molecule has 0 bridgehead atoms. The van der Waals surface area contributed by atoms with Crippen molar-refractivity contribution in [1.82, 2.24) is 4.98 Å². The number of hydrogen-bond acceptors (Lipinski definition) is 3. The van der Waals surface area contributed by atoms with Crippen molar-refractivity contribution in [2.75, 3.05) is 23.3 Å². The van der Waals surface area contributed by atoms with Crippen LogP contribution in [0.5, 0.6) is 0 Å². The summed E-state index contributed by atoms with van der Waals surface area (Å²) in [4.78, 5) is 5.82. The topological polar surface area (TPSA) is 59.0 Å². The van der Waals surface area contributed by atoms with Crippen LogP contribution in [0.15, 0.2) is 48.5 Å². The zero-order valence-corrected chi connectivity index (χ0v) is 19.5. The second-order valence-electron chi connectivity index (χ2n) is 8.21. The number of nitrogens with zero attached hydrogens (tertiary/aromatic N) is 3. The number of H-pyrrole nitrogens is 1. The molecule has 164 valence electrons. The van der Waals surface area contributed by atoms with E-state index in [0.29, 0.717) is 0 Å². The van der Waals surface area contributed by atoms with E-state index in [1.165, 1.54) is 11.3 Å². The molecule has 0 aliphatic carbocycles. The Morgan fingerprint density at radius 2 is 1.75 bits per heavy atom. The molecule has 0 fully saturated rings. The fraction of sp³-hybridized carbons (Fsp3) is 0.333. The molecule has 0 unspecified atom stereocenters. The maximum absolute atomic E-state index is 9.99. The summed E-state index contributed by atoms with van der Waals surface area (Å²) in [6.07, 6.45) is 3.12. The number of fused-ring (bicyclic) bond motifs is 3. The van der Waals surface area contributed by atoms with Gasteiger partial charge in [-0.1, -0.05) is 25.5 Å². The maximum Gasteiger partial charge on any atom is 0.250 e. The van der Waals surface area contributed by atoms with Gasteiger partial charge in [0.25, 0.3) is 0 Å². The highest BCUT2D eigenvalue weighted by molar-refractivity contribution is 5.78. The monoisotopic (exact) mass is 426 g/mol. The van der Waals surface area contributed by atoms with E-state index in [4.69, 9.17) is 0 Å². The number of hydrogen-bond donors (Lipinski definition) is 2. The molecule has 2 aromatic carbocycles. The van der Waals surface area contributed by atoms with Crippen LogP contribution < -0.4 is 14.6 Å². The van der Waals surface area contributed by atoms with Gasteiger partial charge in [0.15, 0.2) is 0 Å². The van der Waals surface area contributed by atoms with E-state index in [0.717, 1.165) is 71.7 Å². The van der Waals surface area contributed by atoms with Gasteiger partial charge in [-0.25, -0.2) is 0 Å². The molecule has 2 N–H and O–H groups in total. The van der Waals surface area contributed by atoms with Crippen molar-refractivity contribution in [3.8, 4) is 6.07 Å². The number of nitriles is 1. The van der Waals surface area contributed by atoms with Gasteiger partial charge in [-0.05, 0) is 75.6 Å². The molecule has 0 amide bonds. The first-order valence-electron chi connectivity index (χ1n) is 11.6. The fourth-order valence-electron chi connectivity index (χ4n) is 4.53. The number of nitrogens with one attached hydrogen (secondary N) is 2. The number of unbranched alkanes of at least 4 members (excludes halogenated alkanes) is 1. The lowest BCUT2D eigenvalue weighted by Crippen LogP contribution is -2.28. The molecule has 0 saturated heterocycles. The molecule has 0 spiro atoms. The molecule has 5 heteroatoms. The normalized spacial score (nSPS) is 11.1. The lowest BCUT2D eigenvalue weighted by molar-refractivity contribution is -0.465. The van der Waals surface area contributed by atoms with E-state index in [1.807, 2.05) is 12.1 Å². The Balaban J connectivity index is 1.91. The summed E-state index contributed by atoms with van der Waals surface area (Å²) in [5.41, 5.74) is 8.18. The number of aromatic amines is 1. The van der Waals surface area contributed by atoms with E-state index < -0.39 is 0 Å². The summed E-state index contributed by atoms with van der Waals surface area (Å²) in [5, 5.41) is 13.7. The molecule has 32 heavy (non-hydrogen) atoms. The van der Waals surface area contributed by atoms with Crippen molar-refractivity contribution in [3.63, 3.8) is 0 Å². The fourth-order valence-corrected chi connectivity index (χ4v) is 4.53. The van der Waals surface area contributed by atoms with Gasteiger partial charge in [-0.2, -0.15) is 9.66 Å². The summed E-state index contributed by atoms with van der Waals surface area (Å²) in [6, 6.07) is 19.3. The van der Waals surface area contributed by atoms with Crippen LogP contribution in [0.4, 0.5) is 17.2 Å².